The Morgan fingerprint density at radius 1 is 1.38 bits per heavy atom. The van der Waals surface area contributed by atoms with Crippen molar-refractivity contribution in [1.29, 1.82) is 0 Å². The van der Waals surface area contributed by atoms with Crippen molar-refractivity contribution in [2.24, 2.45) is 0 Å². The van der Waals surface area contributed by atoms with Crippen LogP contribution in [0.5, 0.6) is 0 Å². The van der Waals surface area contributed by atoms with Crippen molar-refractivity contribution in [2.45, 2.75) is 32.9 Å². The Bertz CT molecular complexity index is 547. The van der Waals surface area contributed by atoms with Gasteiger partial charge in [-0.2, -0.15) is 0 Å². The third-order valence-corrected chi connectivity index (χ3v) is 3.68. The summed E-state index contributed by atoms with van der Waals surface area (Å²) < 4.78 is 0. The van der Waals surface area contributed by atoms with Crippen LogP contribution in [-0.4, -0.2) is 42.0 Å². The van der Waals surface area contributed by atoms with Gasteiger partial charge in [-0.3, -0.25) is 4.79 Å². The summed E-state index contributed by atoms with van der Waals surface area (Å²) >= 11 is 5.97. The summed E-state index contributed by atoms with van der Waals surface area (Å²) in [4.78, 5) is 27.8. The molecule has 0 saturated carbocycles. The van der Waals surface area contributed by atoms with Crippen molar-refractivity contribution >= 4 is 29.2 Å². The van der Waals surface area contributed by atoms with Crippen molar-refractivity contribution in [2.75, 3.05) is 18.0 Å². The quantitative estimate of drug-likeness (QED) is 0.912. The molecule has 1 unspecified atom stereocenters. The number of nitrogens with one attached hydrogen (secondary N) is 1. The summed E-state index contributed by atoms with van der Waals surface area (Å²) in [6.07, 6.45) is 0. The molecule has 1 saturated heterocycles. The van der Waals surface area contributed by atoms with Crippen LogP contribution in [0.25, 0.3) is 0 Å². The van der Waals surface area contributed by atoms with Crippen molar-refractivity contribution in [3.63, 3.8) is 0 Å². The molecule has 0 aliphatic carbocycles. The molecule has 1 aromatic carbocycles. The Hall–Kier alpha value is -1.75. The number of amides is 3. The minimum atomic E-state index is -0.489. The van der Waals surface area contributed by atoms with Crippen molar-refractivity contribution < 1.29 is 9.59 Å². The first-order valence-corrected chi connectivity index (χ1v) is 7.42. The first kappa shape index (κ1) is 15.6. The van der Waals surface area contributed by atoms with E-state index in [0.29, 0.717) is 18.1 Å². The van der Waals surface area contributed by atoms with Gasteiger partial charge in [0.05, 0.1) is 0 Å². The number of halogens is 1. The van der Waals surface area contributed by atoms with Crippen LogP contribution < -0.4 is 10.2 Å². The molecule has 1 fully saturated rings. The number of anilines is 1. The Kier molecular flexibility index (Phi) is 4.73. The summed E-state index contributed by atoms with van der Waals surface area (Å²) in [7, 11) is 0. The molecule has 2 rings (SSSR count). The van der Waals surface area contributed by atoms with Crippen molar-refractivity contribution in [3.05, 3.63) is 29.3 Å². The zero-order valence-corrected chi connectivity index (χ0v) is 13.2. The maximum Gasteiger partial charge on any atom is 0.318 e. The lowest BCUT2D eigenvalue weighted by atomic mass is 10.1. The first-order chi connectivity index (χ1) is 9.90. The number of carbonyl (C=O) groups is 2. The van der Waals surface area contributed by atoms with E-state index in [4.69, 9.17) is 11.6 Å². The molecule has 0 radical (unpaired) electrons. The molecule has 1 heterocycles. The molecular formula is C15H20ClN3O2. The van der Waals surface area contributed by atoms with Crippen LogP contribution in [-0.2, 0) is 4.79 Å². The molecule has 0 spiro atoms. The lowest BCUT2D eigenvalue weighted by molar-refractivity contribution is -0.124. The van der Waals surface area contributed by atoms with Crippen LogP contribution in [0.2, 0.25) is 5.02 Å². The molecule has 1 aliphatic rings. The summed E-state index contributed by atoms with van der Waals surface area (Å²) in [5.74, 6) is -0.0950. The molecule has 5 nitrogen and oxygen atoms in total. The van der Waals surface area contributed by atoms with E-state index in [1.807, 2.05) is 26.0 Å². The molecule has 0 bridgehead atoms. The number of hydrogen-bond donors (Lipinski definition) is 1. The minimum Gasteiger partial charge on any atom is -0.336 e. The molecule has 1 atom stereocenters. The van der Waals surface area contributed by atoms with E-state index in [-0.39, 0.29) is 18.0 Å². The second-order valence-electron chi connectivity index (χ2n) is 5.44. The van der Waals surface area contributed by atoms with Gasteiger partial charge in [-0.15, -0.1) is 0 Å². The lowest BCUT2D eigenvalue weighted by Crippen LogP contribution is -2.60. The standard InChI is InChI=1S/C15H20ClN3O2/c1-10(2)17-15(21)18-7-8-19(14(20)11(18)3)13-6-4-5-12(16)9-13/h4-6,9-11H,7-8H2,1-3H3,(H,17,21). The van der Waals surface area contributed by atoms with E-state index >= 15 is 0 Å². The fourth-order valence-corrected chi connectivity index (χ4v) is 2.56. The van der Waals surface area contributed by atoms with Gasteiger partial charge in [0, 0.05) is 29.8 Å². The molecule has 114 valence electrons. The fraction of sp³-hybridized carbons (Fsp3) is 0.467. The molecule has 0 aromatic heterocycles. The van der Waals surface area contributed by atoms with Crippen LogP contribution in [0.3, 0.4) is 0 Å². The van der Waals surface area contributed by atoms with E-state index in [1.165, 1.54) is 0 Å². The van der Waals surface area contributed by atoms with Gasteiger partial charge < -0.3 is 15.1 Å². The highest BCUT2D eigenvalue weighted by atomic mass is 35.5. The molecule has 21 heavy (non-hydrogen) atoms. The van der Waals surface area contributed by atoms with Gasteiger partial charge >= 0.3 is 6.03 Å². The molecule has 6 heteroatoms. The van der Waals surface area contributed by atoms with E-state index in [0.717, 1.165) is 5.69 Å². The number of hydrogen-bond acceptors (Lipinski definition) is 2. The molecule has 3 amide bonds. The summed E-state index contributed by atoms with van der Waals surface area (Å²) in [5.41, 5.74) is 0.767. The summed E-state index contributed by atoms with van der Waals surface area (Å²) in [6.45, 7) is 6.51. The van der Waals surface area contributed by atoms with Crippen LogP contribution >= 0.6 is 11.6 Å². The van der Waals surface area contributed by atoms with Gasteiger partial charge in [0.1, 0.15) is 6.04 Å². The van der Waals surface area contributed by atoms with E-state index in [1.54, 1.807) is 28.9 Å². The molecular weight excluding hydrogens is 290 g/mol. The maximum absolute atomic E-state index is 12.5. The molecule has 1 N–H and O–H groups in total. The van der Waals surface area contributed by atoms with Gasteiger partial charge in [-0.05, 0) is 39.0 Å². The average molecular weight is 310 g/mol. The van der Waals surface area contributed by atoms with E-state index in [9.17, 15) is 9.59 Å². The number of carbonyl (C=O) groups excluding carboxylic acids is 2. The van der Waals surface area contributed by atoms with Crippen molar-refractivity contribution in [1.82, 2.24) is 10.2 Å². The van der Waals surface area contributed by atoms with Crippen LogP contribution in [0.4, 0.5) is 10.5 Å². The minimum absolute atomic E-state index is 0.0470. The highest BCUT2D eigenvalue weighted by Gasteiger charge is 2.35. The van der Waals surface area contributed by atoms with Crippen molar-refractivity contribution in [3.8, 4) is 0 Å². The highest BCUT2D eigenvalue weighted by Crippen LogP contribution is 2.23. The Morgan fingerprint density at radius 2 is 2.10 bits per heavy atom. The fourth-order valence-electron chi connectivity index (χ4n) is 2.38. The zero-order chi connectivity index (χ0) is 15.6. The highest BCUT2D eigenvalue weighted by molar-refractivity contribution is 6.30. The van der Waals surface area contributed by atoms with Gasteiger partial charge in [0.2, 0.25) is 5.91 Å². The number of piperazine rings is 1. The first-order valence-electron chi connectivity index (χ1n) is 7.04. The smallest absolute Gasteiger partial charge is 0.318 e. The number of benzene rings is 1. The van der Waals surface area contributed by atoms with Gasteiger partial charge in [0.15, 0.2) is 0 Å². The SMILES string of the molecule is CC(C)NC(=O)N1CCN(c2cccc(Cl)c2)C(=O)C1C. The predicted octanol–water partition coefficient (Wildman–Crippen LogP) is 2.50. The Morgan fingerprint density at radius 3 is 2.71 bits per heavy atom. The third kappa shape index (κ3) is 3.47. The monoisotopic (exact) mass is 309 g/mol. The van der Waals surface area contributed by atoms with Crippen LogP contribution in [0, 0.1) is 0 Å². The summed E-state index contributed by atoms with van der Waals surface area (Å²) in [5, 5.41) is 3.41. The maximum atomic E-state index is 12.5. The van der Waals surface area contributed by atoms with Gasteiger partial charge in [0.25, 0.3) is 0 Å². The predicted molar refractivity (Wildman–Crippen MR) is 83.6 cm³/mol. The van der Waals surface area contributed by atoms with Crippen LogP contribution in [0.1, 0.15) is 20.8 Å². The number of rotatable bonds is 2. The lowest BCUT2D eigenvalue weighted by Gasteiger charge is -2.39. The zero-order valence-electron chi connectivity index (χ0n) is 12.5. The van der Waals surface area contributed by atoms with E-state index < -0.39 is 6.04 Å². The average Bonchev–Trinajstić information content (AvgIpc) is 2.40. The largest absolute Gasteiger partial charge is 0.336 e. The second kappa shape index (κ2) is 6.35. The van der Waals surface area contributed by atoms with Crippen LogP contribution in [0.15, 0.2) is 24.3 Å². The van der Waals surface area contributed by atoms with Gasteiger partial charge in [-0.25, -0.2) is 4.79 Å². The van der Waals surface area contributed by atoms with E-state index in [2.05, 4.69) is 5.32 Å². The topological polar surface area (TPSA) is 52.7 Å². The number of urea groups is 1. The third-order valence-electron chi connectivity index (χ3n) is 3.45. The Balaban J connectivity index is 2.13. The van der Waals surface area contributed by atoms with Gasteiger partial charge in [-0.1, -0.05) is 17.7 Å². The Labute approximate surface area is 129 Å². The molecule has 1 aliphatic heterocycles. The normalized spacial score (nSPS) is 19.1. The molecule has 1 aromatic rings. The number of nitrogens with zero attached hydrogens (tertiary/aromatic N) is 2. The second-order valence-corrected chi connectivity index (χ2v) is 5.88. The summed E-state index contributed by atoms with van der Waals surface area (Å²) in [6, 6.07) is 6.55.